The lowest BCUT2D eigenvalue weighted by Crippen LogP contribution is -2.21. The number of aliphatic hydroxyl groups excluding tert-OH is 2. The van der Waals surface area contributed by atoms with Crippen LogP contribution < -0.4 is 14.2 Å². The van der Waals surface area contributed by atoms with E-state index in [1.165, 1.54) is 45.6 Å². The molecule has 1 saturated heterocycles. The third-order valence-corrected chi connectivity index (χ3v) is 7.42. The van der Waals surface area contributed by atoms with Gasteiger partial charge in [0.15, 0.2) is 34.5 Å². The maximum Gasteiger partial charge on any atom is 0.309 e. The number of carbonyl (C=O) groups excluding carboxylic acids is 1. The maximum atomic E-state index is 12.7. The summed E-state index contributed by atoms with van der Waals surface area (Å²) in [5, 5.41) is 52.2. The second-order valence-corrected chi connectivity index (χ2v) is 9.81. The topological polar surface area (TPSA) is 155 Å². The molecule has 214 valence electrons. The summed E-state index contributed by atoms with van der Waals surface area (Å²) in [5.74, 6) is -1.61. The van der Waals surface area contributed by atoms with E-state index in [1.807, 2.05) is 0 Å². The molecular weight excluding hydrogens is 520 g/mol. The Morgan fingerprint density at radius 3 is 2.12 bits per heavy atom. The van der Waals surface area contributed by atoms with Gasteiger partial charge in [-0.15, -0.1) is 0 Å². The smallest absolute Gasteiger partial charge is 0.309 e. The molecule has 0 radical (unpaired) electrons. The first-order valence-electron chi connectivity index (χ1n) is 12.8. The van der Waals surface area contributed by atoms with Crippen LogP contribution in [0.1, 0.15) is 34.3 Å². The van der Waals surface area contributed by atoms with E-state index in [2.05, 4.69) is 0 Å². The molecule has 1 aliphatic heterocycles. The quantitative estimate of drug-likeness (QED) is 0.223. The number of aromatic hydroxyl groups is 3. The highest BCUT2D eigenvalue weighted by Crippen LogP contribution is 2.43. The standard InChI is InChI=1S/C30H34O10/c1-37-25-11-16(4-6-23(25)32)9-20-19(15-40-30(20)36)8-17-10-21(29(35)27(12-17)39-3)22(14-31)28(34)18-5-7-24(33)26(13-18)38-2/h4-7,10-13,19-20,22,28,31-35H,8-9,14-15H2,1-3H3/t19-,20+,22?,28?/m0/s1. The first-order chi connectivity index (χ1) is 19.2. The summed E-state index contributed by atoms with van der Waals surface area (Å²) in [6.45, 7) is -0.294. The fraction of sp³-hybridized carbons (Fsp3) is 0.367. The molecule has 0 aromatic heterocycles. The van der Waals surface area contributed by atoms with Crippen molar-refractivity contribution in [3.8, 4) is 34.5 Å². The van der Waals surface area contributed by atoms with E-state index >= 15 is 0 Å². The molecule has 40 heavy (non-hydrogen) atoms. The first kappa shape index (κ1) is 28.8. The highest BCUT2D eigenvalue weighted by molar-refractivity contribution is 5.75. The van der Waals surface area contributed by atoms with Crippen LogP contribution in [0.25, 0.3) is 0 Å². The second kappa shape index (κ2) is 12.4. The molecule has 1 aliphatic rings. The number of ether oxygens (including phenoxy) is 4. The summed E-state index contributed by atoms with van der Waals surface area (Å²) in [5.41, 5.74) is 2.16. The summed E-state index contributed by atoms with van der Waals surface area (Å²) in [6, 6.07) is 12.6. The van der Waals surface area contributed by atoms with Crippen LogP contribution in [0.4, 0.5) is 0 Å². The van der Waals surface area contributed by atoms with Gasteiger partial charge in [-0.05, 0) is 59.9 Å². The van der Waals surface area contributed by atoms with E-state index in [0.717, 1.165) is 11.1 Å². The highest BCUT2D eigenvalue weighted by atomic mass is 16.5. The molecule has 5 N–H and O–H groups in total. The minimum atomic E-state index is -1.25. The van der Waals surface area contributed by atoms with Gasteiger partial charge < -0.3 is 44.5 Å². The normalized spacial score (nSPS) is 18.2. The highest BCUT2D eigenvalue weighted by Gasteiger charge is 2.37. The molecule has 4 atom stereocenters. The zero-order valence-electron chi connectivity index (χ0n) is 22.5. The summed E-state index contributed by atoms with van der Waals surface area (Å²) in [6.07, 6.45) is -0.474. The van der Waals surface area contributed by atoms with Crippen molar-refractivity contribution in [1.29, 1.82) is 0 Å². The van der Waals surface area contributed by atoms with Gasteiger partial charge in [0, 0.05) is 17.4 Å². The number of methoxy groups -OCH3 is 3. The second-order valence-electron chi connectivity index (χ2n) is 9.81. The molecule has 0 amide bonds. The zero-order valence-corrected chi connectivity index (χ0v) is 22.5. The van der Waals surface area contributed by atoms with E-state index in [9.17, 15) is 30.3 Å². The van der Waals surface area contributed by atoms with Gasteiger partial charge in [-0.1, -0.05) is 18.2 Å². The van der Waals surface area contributed by atoms with Crippen molar-refractivity contribution in [1.82, 2.24) is 0 Å². The van der Waals surface area contributed by atoms with Crippen molar-refractivity contribution in [2.75, 3.05) is 34.5 Å². The van der Waals surface area contributed by atoms with E-state index in [4.69, 9.17) is 18.9 Å². The number of esters is 1. The Morgan fingerprint density at radius 2 is 1.48 bits per heavy atom. The van der Waals surface area contributed by atoms with Crippen LogP contribution in [0.3, 0.4) is 0 Å². The van der Waals surface area contributed by atoms with Crippen LogP contribution in [0.5, 0.6) is 34.5 Å². The molecule has 3 aromatic rings. The third kappa shape index (κ3) is 5.88. The van der Waals surface area contributed by atoms with Gasteiger partial charge in [0.1, 0.15) is 0 Å². The lowest BCUT2D eigenvalue weighted by Gasteiger charge is -2.25. The van der Waals surface area contributed by atoms with Crippen molar-refractivity contribution in [3.63, 3.8) is 0 Å². The predicted molar refractivity (Wildman–Crippen MR) is 144 cm³/mol. The number of phenolic OH excluding ortho intramolecular Hbond substituents is 3. The van der Waals surface area contributed by atoms with Gasteiger partial charge in [0.25, 0.3) is 0 Å². The van der Waals surface area contributed by atoms with Crippen molar-refractivity contribution >= 4 is 5.97 Å². The minimum absolute atomic E-state index is 0.00638. The molecule has 1 fully saturated rings. The molecule has 0 spiro atoms. The Kier molecular flexibility index (Phi) is 8.91. The Morgan fingerprint density at radius 1 is 0.850 bits per heavy atom. The third-order valence-electron chi connectivity index (χ3n) is 7.42. The first-order valence-corrected chi connectivity index (χ1v) is 12.8. The molecule has 1 heterocycles. The molecule has 4 rings (SSSR count). The van der Waals surface area contributed by atoms with Crippen molar-refractivity contribution in [3.05, 3.63) is 70.8 Å². The van der Waals surface area contributed by atoms with Crippen molar-refractivity contribution in [2.45, 2.75) is 24.9 Å². The fourth-order valence-electron chi connectivity index (χ4n) is 5.19. The Balaban J connectivity index is 1.63. The number of carbonyl (C=O) groups is 1. The molecule has 10 heteroatoms. The van der Waals surface area contributed by atoms with Gasteiger partial charge in [0.05, 0.1) is 46.6 Å². The average Bonchev–Trinajstić information content (AvgIpc) is 3.29. The van der Waals surface area contributed by atoms with Crippen LogP contribution in [-0.2, 0) is 22.4 Å². The van der Waals surface area contributed by atoms with Crippen LogP contribution >= 0.6 is 0 Å². The molecule has 0 aliphatic carbocycles. The molecule has 3 aromatic carbocycles. The van der Waals surface area contributed by atoms with E-state index in [0.29, 0.717) is 24.2 Å². The number of aliphatic hydroxyl groups is 2. The summed E-state index contributed by atoms with van der Waals surface area (Å²) < 4.78 is 21.1. The molecule has 0 bridgehead atoms. The minimum Gasteiger partial charge on any atom is -0.504 e. The summed E-state index contributed by atoms with van der Waals surface area (Å²) in [4.78, 5) is 12.7. The van der Waals surface area contributed by atoms with E-state index < -0.39 is 24.5 Å². The Bertz CT molecular complexity index is 1350. The van der Waals surface area contributed by atoms with Gasteiger partial charge in [-0.2, -0.15) is 0 Å². The van der Waals surface area contributed by atoms with Crippen molar-refractivity contribution in [2.24, 2.45) is 11.8 Å². The van der Waals surface area contributed by atoms with Crippen LogP contribution in [0, 0.1) is 11.8 Å². The average molecular weight is 555 g/mol. The fourth-order valence-corrected chi connectivity index (χ4v) is 5.19. The summed E-state index contributed by atoms with van der Waals surface area (Å²) >= 11 is 0. The molecule has 2 unspecified atom stereocenters. The largest absolute Gasteiger partial charge is 0.504 e. The maximum absolute atomic E-state index is 12.7. The van der Waals surface area contributed by atoms with E-state index in [-0.39, 0.29) is 52.8 Å². The Labute approximate surface area is 232 Å². The Hall–Kier alpha value is -4.15. The van der Waals surface area contributed by atoms with E-state index in [1.54, 1.807) is 24.3 Å². The van der Waals surface area contributed by atoms with Crippen LogP contribution in [0.2, 0.25) is 0 Å². The molecule has 10 nitrogen and oxygen atoms in total. The number of phenols is 3. The van der Waals surface area contributed by atoms with Gasteiger partial charge in [0.2, 0.25) is 0 Å². The monoisotopic (exact) mass is 554 g/mol. The lowest BCUT2D eigenvalue weighted by atomic mass is 9.83. The van der Waals surface area contributed by atoms with Crippen molar-refractivity contribution < 1.29 is 49.3 Å². The lowest BCUT2D eigenvalue weighted by molar-refractivity contribution is -0.141. The van der Waals surface area contributed by atoms with Crippen LogP contribution in [0.15, 0.2) is 48.5 Å². The van der Waals surface area contributed by atoms with Gasteiger partial charge in [-0.25, -0.2) is 0 Å². The number of cyclic esters (lactones) is 1. The molecule has 0 saturated carbocycles. The van der Waals surface area contributed by atoms with Gasteiger partial charge >= 0.3 is 5.97 Å². The zero-order chi connectivity index (χ0) is 29.0. The predicted octanol–water partition coefficient (Wildman–Crippen LogP) is 3.21. The number of rotatable bonds is 11. The summed E-state index contributed by atoms with van der Waals surface area (Å²) in [7, 11) is 4.24. The number of hydrogen-bond acceptors (Lipinski definition) is 10. The SMILES string of the molecule is COc1cc(C[C@H]2C(=O)OC[C@@H]2Cc2cc(OC)c(O)c(C(CO)C(O)c3ccc(O)c(OC)c3)c2)ccc1O. The molecular formula is C30H34O10. The van der Waals surface area contributed by atoms with Crippen LogP contribution in [-0.4, -0.2) is 66.0 Å². The van der Waals surface area contributed by atoms with Gasteiger partial charge in [-0.3, -0.25) is 4.79 Å². The number of hydrogen-bond donors (Lipinski definition) is 5. The number of benzene rings is 3.